The number of amides is 1. The minimum atomic E-state index is -1.15. The molecule has 0 aromatic heterocycles. The van der Waals surface area contributed by atoms with Crippen molar-refractivity contribution in [2.24, 2.45) is 5.73 Å². The molecule has 0 saturated heterocycles. The van der Waals surface area contributed by atoms with E-state index in [4.69, 9.17) is 15.6 Å². The Morgan fingerprint density at radius 3 is 2.65 bits per heavy atom. The molecule has 1 amide bonds. The smallest absolute Gasteiger partial charge is 0.337 e. The number of nitrogens with two attached hydrogens (primary N) is 1. The first-order valence-corrected chi connectivity index (χ1v) is 7.23. The number of carbonyl (C=O) groups is 2. The summed E-state index contributed by atoms with van der Waals surface area (Å²) in [6, 6.07) is 2.28. The zero-order valence-corrected chi connectivity index (χ0v) is 13.8. The first-order valence-electron chi connectivity index (χ1n) is 5.64. The molecule has 1 aromatic carbocycles. The van der Waals surface area contributed by atoms with Gasteiger partial charge in [0.25, 0.3) is 0 Å². The van der Waals surface area contributed by atoms with Gasteiger partial charge in [-0.25, -0.2) is 4.79 Å². The van der Waals surface area contributed by atoms with Gasteiger partial charge in [0.1, 0.15) is 0 Å². The van der Waals surface area contributed by atoms with Gasteiger partial charge in [0, 0.05) is 22.7 Å². The largest absolute Gasteiger partial charge is 0.478 e. The Kier molecular flexibility index (Phi) is 6.60. The van der Waals surface area contributed by atoms with Gasteiger partial charge in [0.2, 0.25) is 5.91 Å². The van der Waals surface area contributed by atoms with Crippen molar-refractivity contribution >= 4 is 49.4 Å². The molecule has 0 aliphatic rings. The van der Waals surface area contributed by atoms with Gasteiger partial charge in [0.05, 0.1) is 17.3 Å². The third-order valence-electron chi connectivity index (χ3n) is 2.50. The van der Waals surface area contributed by atoms with E-state index in [1.807, 2.05) is 0 Å². The number of nitrogens with one attached hydrogen (secondary N) is 1. The summed E-state index contributed by atoms with van der Waals surface area (Å²) in [6.07, 6.45) is 0.346. The number of aromatic carboxylic acids is 1. The standard InChI is InChI=1S/C12H14Br2N2O4/c1-20-3-2-9(15)11(17)16-10-7(12(18)19)4-6(13)5-8(10)14/h4-5,9H,2-3,15H2,1H3,(H,16,17)(H,18,19). The summed E-state index contributed by atoms with van der Waals surface area (Å²) in [5.74, 6) is -1.61. The number of methoxy groups -OCH3 is 1. The number of carboxylic acids is 1. The number of rotatable bonds is 6. The average Bonchev–Trinajstić information content (AvgIpc) is 2.38. The Balaban J connectivity index is 2.97. The number of hydrogen-bond donors (Lipinski definition) is 3. The maximum Gasteiger partial charge on any atom is 0.337 e. The topological polar surface area (TPSA) is 102 Å². The van der Waals surface area contributed by atoms with E-state index in [0.717, 1.165) is 0 Å². The zero-order valence-electron chi connectivity index (χ0n) is 10.7. The van der Waals surface area contributed by atoms with Crippen LogP contribution in [-0.2, 0) is 9.53 Å². The lowest BCUT2D eigenvalue weighted by Gasteiger charge is -2.15. The third kappa shape index (κ3) is 4.55. The van der Waals surface area contributed by atoms with E-state index in [1.54, 1.807) is 6.07 Å². The van der Waals surface area contributed by atoms with Gasteiger partial charge < -0.3 is 20.9 Å². The lowest BCUT2D eigenvalue weighted by Crippen LogP contribution is -2.37. The van der Waals surface area contributed by atoms with Crippen LogP contribution in [0.4, 0.5) is 5.69 Å². The van der Waals surface area contributed by atoms with Crippen molar-refractivity contribution in [3.63, 3.8) is 0 Å². The van der Waals surface area contributed by atoms with Crippen LogP contribution in [-0.4, -0.2) is 36.7 Å². The van der Waals surface area contributed by atoms with E-state index >= 15 is 0 Å². The molecule has 8 heteroatoms. The molecular weight excluding hydrogens is 396 g/mol. The predicted octanol–water partition coefficient (Wildman–Crippen LogP) is 2.21. The van der Waals surface area contributed by atoms with Crippen molar-refractivity contribution in [1.29, 1.82) is 0 Å². The van der Waals surface area contributed by atoms with Crippen LogP contribution < -0.4 is 11.1 Å². The van der Waals surface area contributed by atoms with E-state index in [9.17, 15) is 9.59 Å². The summed E-state index contributed by atoms with van der Waals surface area (Å²) in [6.45, 7) is 0.349. The monoisotopic (exact) mass is 408 g/mol. The number of benzene rings is 1. The molecule has 4 N–H and O–H groups in total. The Hall–Kier alpha value is -0.960. The second kappa shape index (κ2) is 7.72. The summed E-state index contributed by atoms with van der Waals surface area (Å²) < 4.78 is 5.89. The fourth-order valence-electron chi connectivity index (χ4n) is 1.46. The van der Waals surface area contributed by atoms with Crippen molar-refractivity contribution in [3.8, 4) is 0 Å². The fourth-order valence-corrected chi connectivity index (χ4v) is 2.79. The first kappa shape index (κ1) is 17.1. The number of anilines is 1. The Morgan fingerprint density at radius 1 is 1.45 bits per heavy atom. The van der Waals surface area contributed by atoms with Gasteiger partial charge in [-0.2, -0.15) is 0 Å². The maximum atomic E-state index is 11.9. The van der Waals surface area contributed by atoms with Crippen LogP contribution >= 0.6 is 31.9 Å². The molecule has 0 heterocycles. The van der Waals surface area contributed by atoms with Crippen molar-refractivity contribution in [2.45, 2.75) is 12.5 Å². The molecule has 0 spiro atoms. The molecule has 0 saturated carbocycles. The second-order valence-corrected chi connectivity index (χ2v) is 5.76. The summed E-state index contributed by atoms with van der Waals surface area (Å²) in [4.78, 5) is 23.1. The Morgan fingerprint density at radius 2 is 2.10 bits per heavy atom. The highest BCUT2D eigenvalue weighted by Crippen LogP contribution is 2.31. The van der Waals surface area contributed by atoms with Gasteiger partial charge >= 0.3 is 5.97 Å². The minimum Gasteiger partial charge on any atom is -0.478 e. The van der Waals surface area contributed by atoms with Crippen LogP contribution in [0.15, 0.2) is 21.1 Å². The van der Waals surface area contributed by atoms with Gasteiger partial charge in [-0.15, -0.1) is 0 Å². The fraction of sp³-hybridized carbons (Fsp3) is 0.333. The number of carbonyl (C=O) groups excluding carboxylic acids is 1. The summed E-state index contributed by atoms with van der Waals surface area (Å²) in [5, 5.41) is 11.7. The average molecular weight is 410 g/mol. The normalized spacial score (nSPS) is 12.0. The van der Waals surface area contributed by atoms with Crippen molar-refractivity contribution in [3.05, 3.63) is 26.6 Å². The van der Waals surface area contributed by atoms with Crippen molar-refractivity contribution < 1.29 is 19.4 Å². The molecule has 110 valence electrons. The Labute approximate surface area is 132 Å². The van der Waals surface area contributed by atoms with Crippen LogP contribution in [0, 0.1) is 0 Å². The van der Waals surface area contributed by atoms with Crippen molar-refractivity contribution in [1.82, 2.24) is 0 Å². The molecule has 0 bridgehead atoms. The summed E-state index contributed by atoms with van der Waals surface area (Å²) >= 11 is 6.42. The Bertz CT molecular complexity index is 522. The molecular formula is C12H14Br2N2O4. The molecule has 1 atom stereocenters. The molecule has 20 heavy (non-hydrogen) atoms. The highest BCUT2D eigenvalue weighted by molar-refractivity contribution is 9.11. The maximum absolute atomic E-state index is 11.9. The lowest BCUT2D eigenvalue weighted by molar-refractivity contribution is -0.117. The molecule has 1 unspecified atom stereocenters. The molecule has 1 rings (SSSR count). The van der Waals surface area contributed by atoms with E-state index < -0.39 is 17.9 Å². The number of ether oxygens (including phenoxy) is 1. The van der Waals surface area contributed by atoms with Crippen LogP contribution in [0.3, 0.4) is 0 Å². The zero-order chi connectivity index (χ0) is 15.3. The van der Waals surface area contributed by atoms with E-state index in [2.05, 4.69) is 37.2 Å². The number of halogens is 2. The van der Waals surface area contributed by atoms with Gasteiger partial charge in [0.15, 0.2) is 0 Å². The summed E-state index contributed by atoms with van der Waals surface area (Å²) in [7, 11) is 1.51. The second-order valence-electron chi connectivity index (χ2n) is 3.99. The molecule has 0 radical (unpaired) electrons. The van der Waals surface area contributed by atoms with Gasteiger partial charge in [-0.1, -0.05) is 15.9 Å². The molecule has 1 aromatic rings. The highest BCUT2D eigenvalue weighted by Gasteiger charge is 2.20. The first-order chi connectivity index (χ1) is 9.36. The highest BCUT2D eigenvalue weighted by atomic mass is 79.9. The van der Waals surface area contributed by atoms with Crippen LogP contribution in [0.5, 0.6) is 0 Å². The number of carboxylic acid groups (broad SMARTS) is 1. The van der Waals surface area contributed by atoms with E-state index in [1.165, 1.54) is 13.2 Å². The van der Waals surface area contributed by atoms with Crippen LogP contribution in [0.25, 0.3) is 0 Å². The predicted molar refractivity (Wildman–Crippen MR) is 81.9 cm³/mol. The SMILES string of the molecule is COCCC(N)C(=O)Nc1c(Br)cc(Br)cc1C(=O)O. The lowest BCUT2D eigenvalue weighted by atomic mass is 10.1. The minimum absolute atomic E-state index is 0.0291. The molecule has 0 aliphatic carbocycles. The van der Waals surface area contributed by atoms with E-state index in [0.29, 0.717) is 22.0 Å². The van der Waals surface area contributed by atoms with Gasteiger partial charge in [-0.05, 0) is 34.5 Å². The van der Waals surface area contributed by atoms with Crippen LogP contribution in [0.2, 0.25) is 0 Å². The molecule has 0 fully saturated rings. The summed E-state index contributed by atoms with van der Waals surface area (Å²) in [5.41, 5.74) is 5.84. The molecule has 0 aliphatic heterocycles. The quantitative estimate of drug-likeness (QED) is 0.668. The number of hydrogen-bond acceptors (Lipinski definition) is 4. The third-order valence-corrected chi connectivity index (χ3v) is 3.59. The van der Waals surface area contributed by atoms with Crippen LogP contribution in [0.1, 0.15) is 16.8 Å². The van der Waals surface area contributed by atoms with Gasteiger partial charge in [-0.3, -0.25) is 4.79 Å². The molecule has 6 nitrogen and oxygen atoms in total. The van der Waals surface area contributed by atoms with E-state index in [-0.39, 0.29) is 11.3 Å². The van der Waals surface area contributed by atoms with Crippen molar-refractivity contribution in [2.75, 3.05) is 19.0 Å².